The lowest BCUT2D eigenvalue weighted by Crippen LogP contribution is -2.36. The molecule has 9 nitrogen and oxygen atoms in total. The minimum Gasteiger partial charge on any atom is -0.444 e. The zero-order valence-corrected chi connectivity index (χ0v) is 21.4. The van der Waals surface area contributed by atoms with Crippen molar-refractivity contribution >= 4 is 23.1 Å². The van der Waals surface area contributed by atoms with Crippen molar-refractivity contribution in [2.45, 2.75) is 51.9 Å². The molecular formula is C28H32N6O3. The fourth-order valence-electron chi connectivity index (χ4n) is 4.76. The number of H-pyrrole nitrogens is 1. The predicted molar refractivity (Wildman–Crippen MR) is 142 cm³/mol. The fraction of sp³-hybridized carbons (Fsp3) is 0.357. The highest BCUT2D eigenvalue weighted by Crippen LogP contribution is 2.29. The minimum absolute atomic E-state index is 0.201. The molecule has 0 saturated carbocycles. The predicted octanol–water partition coefficient (Wildman–Crippen LogP) is 4.51. The van der Waals surface area contributed by atoms with E-state index in [-0.39, 0.29) is 17.8 Å². The van der Waals surface area contributed by atoms with E-state index in [2.05, 4.69) is 44.1 Å². The SMILES string of the molecule is CC(C)(C)OC(=O)N1CCC(n2c(=O)[nH]c3c(N(Cc4ccccc4)Cc4ccccc4)ncnc32)C1. The van der Waals surface area contributed by atoms with E-state index < -0.39 is 5.60 Å². The highest BCUT2D eigenvalue weighted by Gasteiger charge is 2.33. The third-order valence-electron chi connectivity index (χ3n) is 6.40. The van der Waals surface area contributed by atoms with Crippen LogP contribution in [-0.2, 0) is 17.8 Å². The summed E-state index contributed by atoms with van der Waals surface area (Å²) in [6.07, 6.45) is 1.78. The fourth-order valence-corrected chi connectivity index (χ4v) is 4.76. The van der Waals surface area contributed by atoms with Crippen LogP contribution in [0.3, 0.4) is 0 Å². The van der Waals surface area contributed by atoms with Crippen molar-refractivity contribution in [2.75, 3.05) is 18.0 Å². The van der Waals surface area contributed by atoms with E-state index in [4.69, 9.17) is 4.74 Å². The number of carbonyl (C=O) groups excluding carboxylic acids is 1. The number of nitrogens with one attached hydrogen (secondary N) is 1. The summed E-state index contributed by atoms with van der Waals surface area (Å²) in [7, 11) is 0. The normalized spacial score (nSPS) is 15.8. The number of aromatic amines is 1. The topological polar surface area (TPSA) is 96.3 Å². The second-order valence-corrected chi connectivity index (χ2v) is 10.4. The third kappa shape index (κ3) is 5.50. The molecule has 1 saturated heterocycles. The smallest absolute Gasteiger partial charge is 0.410 e. The van der Waals surface area contributed by atoms with Crippen molar-refractivity contribution in [3.63, 3.8) is 0 Å². The monoisotopic (exact) mass is 500 g/mol. The molecule has 0 aliphatic carbocycles. The molecule has 1 fully saturated rings. The lowest BCUT2D eigenvalue weighted by Gasteiger charge is -2.25. The Labute approximate surface area is 215 Å². The maximum atomic E-state index is 13.2. The van der Waals surface area contributed by atoms with Crippen LogP contribution in [0.15, 0.2) is 71.8 Å². The standard InChI is InChI=1S/C28H32N6O3/c1-28(2,3)37-27(36)32-15-14-22(18-32)34-25-23(31-26(34)35)24(29-19-30-25)33(16-20-10-6-4-7-11-20)17-21-12-8-5-9-13-21/h4-13,19,22H,14-18H2,1-3H3,(H,31,35). The molecule has 3 heterocycles. The van der Waals surface area contributed by atoms with Gasteiger partial charge in [-0.3, -0.25) is 4.57 Å². The van der Waals surface area contributed by atoms with Gasteiger partial charge < -0.3 is 19.5 Å². The Bertz CT molecular complexity index is 1380. The van der Waals surface area contributed by atoms with Crippen molar-refractivity contribution in [1.82, 2.24) is 24.4 Å². The molecule has 0 radical (unpaired) electrons. The van der Waals surface area contributed by atoms with Crippen LogP contribution in [0.4, 0.5) is 10.6 Å². The average molecular weight is 501 g/mol. The molecule has 37 heavy (non-hydrogen) atoms. The number of likely N-dealkylation sites (tertiary alicyclic amines) is 1. The number of hydrogen-bond acceptors (Lipinski definition) is 6. The zero-order valence-electron chi connectivity index (χ0n) is 21.4. The number of ether oxygens (including phenoxy) is 1. The van der Waals surface area contributed by atoms with Gasteiger partial charge in [0, 0.05) is 26.2 Å². The molecule has 1 unspecified atom stereocenters. The number of benzene rings is 2. The number of fused-ring (bicyclic) bond motifs is 1. The van der Waals surface area contributed by atoms with Crippen LogP contribution in [0.25, 0.3) is 11.2 Å². The average Bonchev–Trinajstić information content (AvgIpc) is 3.47. The molecule has 192 valence electrons. The van der Waals surface area contributed by atoms with Gasteiger partial charge in [-0.1, -0.05) is 60.7 Å². The molecule has 1 aliphatic rings. The lowest BCUT2D eigenvalue weighted by atomic mass is 10.1. The Hall–Kier alpha value is -4.14. The van der Waals surface area contributed by atoms with Gasteiger partial charge in [0.1, 0.15) is 17.4 Å². The van der Waals surface area contributed by atoms with Crippen LogP contribution in [0, 0.1) is 0 Å². The lowest BCUT2D eigenvalue weighted by molar-refractivity contribution is 0.0289. The Balaban J connectivity index is 1.48. The van der Waals surface area contributed by atoms with Gasteiger partial charge >= 0.3 is 11.8 Å². The maximum Gasteiger partial charge on any atom is 0.410 e. The number of carbonyl (C=O) groups is 1. The van der Waals surface area contributed by atoms with E-state index in [0.717, 1.165) is 11.1 Å². The third-order valence-corrected chi connectivity index (χ3v) is 6.40. The highest BCUT2D eigenvalue weighted by atomic mass is 16.6. The van der Waals surface area contributed by atoms with Crippen molar-refractivity contribution in [2.24, 2.45) is 0 Å². The van der Waals surface area contributed by atoms with Gasteiger partial charge in [0.15, 0.2) is 11.5 Å². The van der Waals surface area contributed by atoms with Gasteiger partial charge in [-0.15, -0.1) is 0 Å². The van der Waals surface area contributed by atoms with Gasteiger partial charge in [0.2, 0.25) is 0 Å². The van der Waals surface area contributed by atoms with Crippen molar-refractivity contribution in [3.05, 3.63) is 88.6 Å². The van der Waals surface area contributed by atoms with Crippen LogP contribution < -0.4 is 10.6 Å². The zero-order chi connectivity index (χ0) is 26.0. The number of rotatable bonds is 6. The Morgan fingerprint density at radius 1 is 1.03 bits per heavy atom. The highest BCUT2D eigenvalue weighted by molar-refractivity contribution is 5.83. The molecule has 2 aromatic carbocycles. The molecule has 5 rings (SSSR count). The summed E-state index contributed by atoms with van der Waals surface area (Å²) in [5, 5.41) is 0. The minimum atomic E-state index is -0.574. The Morgan fingerprint density at radius 2 is 1.65 bits per heavy atom. The van der Waals surface area contributed by atoms with E-state index in [0.29, 0.717) is 49.6 Å². The Morgan fingerprint density at radius 3 is 2.24 bits per heavy atom. The number of hydrogen-bond donors (Lipinski definition) is 1. The van der Waals surface area contributed by atoms with Gasteiger partial charge in [-0.2, -0.15) is 0 Å². The van der Waals surface area contributed by atoms with Crippen LogP contribution in [-0.4, -0.2) is 49.2 Å². The first kappa shape index (κ1) is 24.5. The Kier molecular flexibility index (Phi) is 6.69. The number of amides is 1. The largest absolute Gasteiger partial charge is 0.444 e. The number of aromatic nitrogens is 4. The second kappa shape index (κ2) is 10.1. The quantitative estimate of drug-likeness (QED) is 0.419. The summed E-state index contributed by atoms with van der Waals surface area (Å²) >= 11 is 0. The first-order chi connectivity index (χ1) is 17.8. The number of nitrogens with zero attached hydrogens (tertiary/aromatic N) is 5. The molecule has 1 amide bonds. The first-order valence-corrected chi connectivity index (χ1v) is 12.5. The molecule has 2 aromatic heterocycles. The van der Waals surface area contributed by atoms with Crippen molar-refractivity contribution in [1.29, 1.82) is 0 Å². The van der Waals surface area contributed by atoms with Crippen LogP contribution in [0.2, 0.25) is 0 Å². The molecular weight excluding hydrogens is 468 g/mol. The molecule has 0 spiro atoms. The van der Waals surface area contributed by atoms with Gasteiger partial charge in [-0.05, 0) is 38.3 Å². The van der Waals surface area contributed by atoms with E-state index >= 15 is 0 Å². The van der Waals surface area contributed by atoms with Crippen molar-refractivity contribution in [3.8, 4) is 0 Å². The molecule has 9 heteroatoms. The second-order valence-electron chi connectivity index (χ2n) is 10.4. The van der Waals surface area contributed by atoms with Gasteiger partial charge in [0.05, 0.1) is 6.04 Å². The first-order valence-electron chi connectivity index (χ1n) is 12.5. The molecule has 1 aliphatic heterocycles. The van der Waals surface area contributed by atoms with Crippen LogP contribution in [0.5, 0.6) is 0 Å². The summed E-state index contributed by atoms with van der Waals surface area (Å²) in [6.45, 7) is 7.67. The molecule has 4 aromatic rings. The summed E-state index contributed by atoms with van der Waals surface area (Å²) < 4.78 is 7.19. The van der Waals surface area contributed by atoms with E-state index in [1.54, 1.807) is 9.47 Å². The summed E-state index contributed by atoms with van der Waals surface area (Å²) in [5.41, 5.74) is 2.57. The molecule has 0 bridgehead atoms. The summed E-state index contributed by atoms with van der Waals surface area (Å²) in [4.78, 5) is 41.7. The van der Waals surface area contributed by atoms with Crippen LogP contribution >= 0.6 is 0 Å². The summed E-state index contributed by atoms with van der Waals surface area (Å²) in [5.74, 6) is 0.663. The van der Waals surface area contributed by atoms with Gasteiger partial charge in [0.25, 0.3) is 0 Å². The molecule has 1 atom stereocenters. The van der Waals surface area contributed by atoms with E-state index in [1.165, 1.54) is 6.33 Å². The number of imidazole rings is 1. The van der Waals surface area contributed by atoms with Crippen LogP contribution in [0.1, 0.15) is 44.4 Å². The maximum absolute atomic E-state index is 13.2. The molecule has 1 N–H and O–H groups in total. The summed E-state index contributed by atoms with van der Waals surface area (Å²) in [6, 6.07) is 20.2. The van der Waals surface area contributed by atoms with Gasteiger partial charge in [-0.25, -0.2) is 19.6 Å². The van der Waals surface area contributed by atoms with E-state index in [1.807, 2.05) is 57.2 Å². The number of anilines is 1. The van der Waals surface area contributed by atoms with Crippen molar-refractivity contribution < 1.29 is 9.53 Å². The van der Waals surface area contributed by atoms with E-state index in [9.17, 15) is 9.59 Å².